The molecule has 0 saturated carbocycles. The Kier molecular flexibility index (Phi) is 10.5. The van der Waals surface area contributed by atoms with Crippen molar-refractivity contribution in [1.82, 2.24) is 19.8 Å². The highest BCUT2D eigenvalue weighted by molar-refractivity contribution is 7.77. The molecule has 9 heteroatoms. The molecule has 8 nitrogen and oxygen atoms in total. The van der Waals surface area contributed by atoms with Crippen molar-refractivity contribution in [2.45, 2.75) is 58.4 Å². The summed E-state index contributed by atoms with van der Waals surface area (Å²) in [5.41, 5.74) is 3.26. The molecule has 1 unspecified atom stereocenters. The van der Waals surface area contributed by atoms with Crippen molar-refractivity contribution in [3.63, 3.8) is 0 Å². The molecule has 1 heterocycles. The molecule has 208 valence electrons. The minimum atomic E-state index is -2.03. The number of carbonyl (C=O) groups is 1. The SMILES string of the molecule is CC(C)NC(=O)N(Cc1ccccc1)C1CCN(Cc2ccc(Oc3ccc(CNS(=O)O)cc3)cc2)CC1. The van der Waals surface area contributed by atoms with Gasteiger partial charge in [-0.3, -0.25) is 9.45 Å². The van der Waals surface area contributed by atoms with Crippen LogP contribution in [0.25, 0.3) is 0 Å². The first-order chi connectivity index (χ1) is 18.9. The third-order valence-electron chi connectivity index (χ3n) is 6.75. The van der Waals surface area contributed by atoms with Crippen molar-refractivity contribution < 1.29 is 18.3 Å². The summed E-state index contributed by atoms with van der Waals surface area (Å²) in [4.78, 5) is 17.5. The Morgan fingerprint density at radius 1 is 0.949 bits per heavy atom. The first kappa shape index (κ1) is 28.8. The van der Waals surface area contributed by atoms with Crippen LogP contribution in [0.5, 0.6) is 11.5 Å². The van der Waals surface area contributed by atoms with E-state index in [1.807, 2.05) is 73.3 Å². The molecule has 0 aliphatic carbocycles. The molecule has 0 spiro atoms. The van der Waals surface area contributed by atoms with Gasteiger partial charge < -0.3 is 15.0 Å². The molecule has 4 rings (SSSR count). The summed E-state index contributed by atoms with van der Waals surface area (Å²) in [6.07, 6.45) is 1.89. The van der Waals surface area contributed by atoms with Crippen LogP contribution in [0.2, 0.25) is 0 Å². The fourth-order valence-electron chi connectivity index (χ4n) is 4.74. The maximum Gasteiger partial charge on any atom is 0.318 e. The molecule has 0 radical (unpaired) electrons. The summed E-state index contributed by atoms with van der Waals surface area (Å²) in [6.45, 7) is 7.66. The van der Waals surface area contributed by atoms with Gasteiger partial charge in [0.25, 0.3) is 0 Å². The number of ether oxygens (including phenoxy) is 1. The van der Waals surface area contributed by atoms with Gasteiger partial charge in [0.1, 0.15) is 11.5 Å². The summed E-state index contributed by atoms with van der Waals surface area (Å²) >= 11 is -2.03. The Morgan fingerprint density at radius 2 is 1.54 bits per heavy atom. The monoisotopic (exact) mass is 550 g/mol. The largest absolute Gasteiger partial charge is 0.457 e. The number of urea groups is 1. The summed E-state index contributed by atoms with van der Waals surface area (Å²) < 4.78 is 28.0. The molecule has 1 aliphatic rings. The number of hydrogen-bond donors (Lipinski definition) is 3. The van der Waals surface area contributed by atoms with Gasteiger partial charge in [-0.05, 0) is 67.6 Å². The lowest BCUT2D eigenvalue weighted by atomic mass is 10.0. The van der Waals surface area contributed by atoms with Crippen LogP contribution in [0.1, 0.15) is 43.4 Å². The normalized spacial score (nSPS) is 15.2. The summed E-state index contributed by atoms with van der Waals surface area (Å²) in [6, 6.07) is 26.1. The van der Waals surface area contributed by atoms with Gasteiger partial charge in [0.15, 0.2) is 0 Å². The molecule has 3 N–H and O–H groups in total. The highest BCUT2D eigenvalue weighted by Crippen LogP contribution is 2.24. The Hall–Kier alpha value is -3.24. The first-order valence-corrected chi connectivity index (χ1v) is 14.5. The average Bonchev–Trinajstić information content (AvgIpc) is 2.93. The summed E-state index contributed by atoms with van der Waals surface area (Å²) in [5, 5.41) is 3.08. The number of rotatable bonds is 11. The van der Waals surface area contributed by atoms with Gasteiger partial charge in [-0.15, -0.1) is 0 Å². The van der Waals surface area contributed by atoms with Crippen molar-refractivity contribution in [2.75, 3.05) is 13.1 Å². The van der Waals surface area contributed by atoms with Gasteiger partial charge in [-0.1, -0.05) is 54.6 Å². The topological polar surface area (TPSA) is 94.1 Å². The highest BCUT2D eigenvalue weighted by atomic mass is 32.2. The number of benzene rings is 3. The predicted molar refractivity (Wildman–Crippen MR) is 155 cm³/mol. The second-order valence-corrected chi connectivity index (χ2v) is 11.0. The zero-order valence-corrected chi connectivity index (χ0v) is 23.4. The van der Waals surface area contributed by atoms with E-state index in [1.165, 1.54) is 5.56 Å². The van der Waals surface area contributed by atoms with Crippen LogP contribution in [-0.4, -0.2) is 49.8 Å². The Bertz CT molecular complexity index is 1200. The van der Waals surface area contributed by atoms with Crippen molar-refractivity contribution in [2.24, 2.45) is 0 Å². The molecule has 0 bridgehead atoms. The van der Waals surface area contributed by atoms with E-state index in [0.29, 0.717) is 18.8 Å². The fraction of sp³-hybridized carbons (Fsp3) is 0.367. The standard InChI is InChI=1S/C30H38N4O4S/c1-23(2)32-30(35)34(22-25-6-4-3-5-7-25)27-16-18-33(19-17-27)21-26-10-14-29(15-11-26)38-28-12-8-24(9-13-28)20-31-39(36)37/h3-15,23,27,31H,16-22H2,1-2H3,(H,32,35)(H,36,37). The number of nitrogens with one attached hydrogen (secondary N) is 2. The molecule has 1 saturated heterocycles. The molecule has 3 aromatic carbocycles. The second kappa shape index (κ2) is 14.2. The van der Waals surface area contributed by atoms with Crippen LogP contribution in [0.4, 0.5) is 4.79 Å². The molecule has 1 aliphatic heterocycles. The molecule has 39 heavy (non-hydrogen) atoms. The number of nitrogens with zero attached hydrogens (tertiary/aromatic N) is 2. The third kappa shape index (κ3) is 9.18. The van der Waals surface area contributed by atoms with E-state index < -0.39 is 11.3 Å². The Morgan fingerprint density at radius 3 is 2.10 bits per heavy atom. The fourth-order valence-corrected chi connectivity index (χ4v) is 5.03. The third-order valence-corrected chi connectivity index (χ3v) is 7.15. The molecular formula is C30H38N4O4S. The maximum atomic E-state index is 13.0. The average molecular weight is 551 g/mol. The number of piperidine rings is 1. The van der Waals surface area contributed by atoms with E-state index in [0.717, 1.165) is 49.4 Å². The lowest BCUT2D eigenvalue weighted by Gasteiger charge is -2.39. The molecule has 0 aromatic heterocycles. The van der Waals surface area contributed by atoms with E-state index in [4.69, 9.17) is 9.29 Å². The van der Waals surface area contributed by atoms with Crippen LogP contribution < -0.4 is 14.8 Å². The highest BCUT2D eigenvalue weighted by Gasteiger charge is 2.28. The summed E-state index contributed by atoms with van der Waals surface area (Å²) in [7, 11) is 0. The van der Waals surface area contributed by atoms with Crippen LogP contribution in [-0.2, 0) is 30.9 Å². The predicted octanol–water partition coefficient (Wildman–Crippen LogP) is 5.29. The zero-order valence-electron chi connectivity index (χ0n) is 22.6. The van der Waals surface area contributed by atoms with Gasteiger partial charge in [-0.25, -0.2) is 13.7 Å². The van der Waals surface area contributed by atoms with E-state index in [2.05, 4.69) is 39.2 Å². The van der Waals surface area contributed by atoms with E-state index >= 15 is 0 Å². The van der Waals surface area contributed by atoms with Gasteiger partial charge in [-0.2, -0.15) is 0 Å². The zero-order chi connectivity index (χ0) is 27.6. The number of hydrogen-bond acceptors (Lipinski definition) is 4. The minimum absolute atomic E-state index is 0.00999. The van der Waals surface area contributed by atoms with Crippen LogP contribution in [0, 0.1) is 0 Å². The van der Waals surface area contributed by atoms with Crippen LogP contribution in [0.15, 0.2) is 78.9 Å². The number of carbonyl (C=O) groups excluding carboxylic acids is 1. The number of amides is 2. The van der Waals surface area contributed by atoms with Gasteiger partial charge in [0.05, 0.1) is 0 Å². The Balaban J connectivity index is 1.28. The smallest absolute Gasteiger partial charge is 0.318 e. The second-order valence-electron chi connectivity index (χ2n) is 10.2. The Labute approximate surface area is 233 Å². The lowest BCUT2D eigenvalue weighted by Crippen LogP contribution is -2.51. The van der Waals surface area contributed by atoms with Crippen molar-refractivity contribution >= 4 is 17.3 Å². The van der Waals surface area contributed by atoms with Crippen molar-refractivity contribution in [3.05, 3.63) is 95.6 Å². The van der Waals surface area contributed by atoms with Gasteiger partial charge in [0, 0.05) is 44.8 Å². The summed E-state index contributed by atoms with van der Waals surface area (Å²) in [5.74, 6) is 1.47. The molecule has 3 aromatic rings. The molecular weight excluding hydrogens is 512 g/mol. The van der Waals surface area contributed by atoms with Crippen molar-refractivity contribution in [1.29, 1.82) is 0 Å². The van der Waals surface area contributed by atoms with Gasteiger partial charge in [0.2, 0.25) is 11.3 Å². The lowest BCUT2D eigenvalue weighted by molar-refractivity contribution is 0.112. The maximum absolute atomic E-state index is 13.0. The first-order valence-electron chi connectivity index (χ1n) is 13.4. The van der Waals surface area contributed by atoms with Crippen LogP contribution in [0.3, 0.4) is 0 Å². The molecule has 1 fully saturated rings. The quantitative estimate of drug-likeness (QED) is 0.282. The minimum Gasteiger partial charge on any atom is -0.457 e. The van der Waals surface area contributed by atoms with E-state index in [-0.39, 0.29) is 18.1 Å². The van der Waals surface area contributed by atoms with E-state index in [9.17, 15) is 9.00 Å². The van der Waals surface area contributed by atoms with Crippen LogP contribution >= 0.6 is 0 Å². The molecule has 1 atom stereocenters. The van der Waals surface area contributed by atoms with Gasteiger partial charge >= 0.3 is 6.03 Å². The molecule has 2 amide bonds. The van der Waals surface area contributed by atoms with E-state index in [1.54, 1.807) is 0 Å². The van der Waals surface area contributed by atoms with Crippen molar-refractivity contribution in [3.8, 4) is 11.5 Å². The number of likely N-dealkylation sites (tertiary alicyclic amines) is 1.